The summed E-state index contributed by atoms with van der Waals surface area (Å²) in [5.74, 6) is -0.626. The Morgan fingerprint density at radius 2 is 1.67 bits per heavy atom. The van der Waals surface area contributed by atoms with Gasteiger partial charge in [0.05, 0.1) is 30.7 Å². The molecular weight excluding hydrogens is 524 g/mol. The second-order valence-corrected chi connectivity index (χ2v) is 9.50. The minimum atomic E-state index is -1.01. The summed E-state index contributed by atoms with van der Waals surface area (Å²) in [7, 11) is 0. The van der Waals surface area contributed by atoms with Crippen molar-refractivity contribution in [3.05, 3.63) is 88.4 Å². The number of carbonyl (C=O) groups excluding carboxylic acids is 4. The third-order valence-electron chi connectivity index (χ3n) is 6.51. The Bertz CT molecular complexity index is 1420. The van der Waals surface area contributed by atoms with Gasteiger partial charge in [-0.15, -0.1) is 0 Å². The van der Waals surface area contributed by atoms with Gasteiger partial charge in [-0.25, -0.2) is 9.69 Å². The number of esters is 1. The van der Waals surface area contributed by atoms with Gasteiger partial charge in [0.2, 0.25) is 18.6 Å². The topological polar surface area (TPSA) is 102 Å². The fraction of sp³-hybridized carbons (Fsp3) is 0.241. The van der Waals surface area contributed by atoms with Crippen LogP contribution in [-0.4, -0.2) is 48.0 Å². The monoisotopic (exact) mass is 548 g/mol. The van der Waals surface area contributed by atoms with E-state index in [1.165, 1.54) is 29.2 Å². The van der Waals surface area contributed by atoms with Gasteiger partial charge in [-0.3, -0.25) is 14.4 Å². The predicted octanol–water partition coefficient (Wildman–Crippen LogP) is 4.15. The standard InChI is InChI=1S/C29H25ClN2O7/c1-2-37-29(36)20-6-10-22(11-7-20)32-27(34)15-23(28(32)35)31(26(33)14-18-3-8-21(30)9-4-18)16-19-5-12-24-25(13-19)39-17-38-24/h3-13,23H,2,14-17H2,1H3. The lowest BCUT2D eigenvalue weighted by Gasteiger charge is -2.28. The average Bonchev–Trinajstić information content (AvgIpc) is 3.51. The quantitative estimate of drug-likeness (QED) is 0.308. The van der Waals surface area contributed by atoms with Crippen molar-refractivity contribution in [2.75, 3.05) is 18.3 Å². The minimum Gasteiger partial charge on any atom is -0.462 e. The number of carbonyl (C=O) groups is 4. The Morgan fingerprint density at radius 3 is 2.38 bits per heavy atom. The molecule has 1 unspecified atom stereocenters. The van der Waals surface area contributed by atoms with E-state index < -0.39 is 23.8 Å². The fourth-order valence-corrected chi connectivity index (χ4v) is 4.70. The lowest BCUT2D eigenvalue weighted by Crippen LogP contribution is -2.45. The molecule has 0 spiro atoms. The molecular formula is C29H25ClN2O7. The van der Waals surface area contributed by atoms with Crippen molar-refractivity contribution in [2.45, 2.75) is 32.4 Å². The summed E-state index contributed by atoms with van der Waals surface area (Å²) in [5.41, 5.74) is 2.07. The summed E-state index contributed by atoms with van der Waals surface area (Å²) in [6, 6.07) is 17.2. The maximum atomic E-state index is 13.6. The second-order valence-electron chi connectivity index (χ2n) is 9.07. The average molecular weight is 549 g/mol. The molecule has 2 aliphatic heterocycles. The van der Waals surface area contributed by atoms with Crippen LogP contribution in [0.25, 0.3) is 0 Å². The van der Waals surface area contributed by atoms with Gasteiger partial charge in [0.1, 0.15) is 6.04 Å². The van der Waals surface area contributed by atoms with E-state index in [-0.39, 0.29) is 38.7 Å². The van der Waals surface area contributed by atoms with E-state index in [0.717, 1.165) is 16.0 Å². The molecule has 9 nitrogen and oxygen atoms in total. The Labute approximate surface area is 229 Å². The van der Waals surface area contributed by atoms with Crippen LogP contribution < -0.4 is 14.4 Å². The van der Waals surface area contributed by atoms with E-state index in [4.69, 9.17) is 25.8 Å². The first-order chi connectivity index (χ1) is 18.8. The third-order valence-corrected chi connectivity index (χ3v) is 6.77. The Hall–Kier alpha value is -4.37. The summed E-state index contributed by atoms with van der Waals surface area (Å²) < 4.78 is 15.8. The van der Waals surface area contributed by atoms with Crippen LogP contribution in [0.2, 0.25) is 5.02 Å². The normalized spacial score (nSPS) is 15.9. The van der Waals surface area contributed by atoms with Gasteiger partial charge in [-0.2, -0.15) is 0 Å². The Balaban J connectivity index is 1.41. The van der Waals surface area contributed by atoms with Crippen LogP contribution in [0.3, 0.4) is 0 Å². The number of nitrogens with zero attached hydrogens (tertiary/aromatic N) is 2. The maximum Gasteiger partial charge on any atom is 0.338 e. The zero-order chi connectivity index (χ0) is 27.5. The zero-order valence-corrected chi connectivity index (χ0v) is 21.8. The Kier molecular flexibility index (Phi) is 7.51. The number of ether oxygens (including phenoxy) is 3. The molecule has 3 aromatic rings. The van der Waals surface area contributed by atoms with Crippen molar-refractivity contribution in [3.63, 3.8) is 0 Å². The molecule has 200 valence electrons. The predicted molar refractivity (Wildman–Crippen MR) is 142 cm³/mol. The third kappa shape index (κ3) is 5.58. The van der Waals surface area contributed by atoms with Crippen LogP contribution in [-0.2, 0) is 32.1 Å². The number of amides is 3. The van der Waals surface area contributed by atoms with Crippen molar-refractivity contribution < 1.29 is 33.4 Å². The van der Waals surface area contributed by atoms with Gasteiger partial charge in [-0.05, 0) is 66.6 Å². The molecule has 3 aromatic carbocycles. The summed E-state index contributed by atoms with van der Waals surface area (Å²) >= 11 is 5.99. The van der Waals surface area contributed by atoms with Gasteiger partial charge >= 0.3 is 5.97 Å². The number of hydrogen-bond donors (Lipinski definition) is 0. The molecule has 3 amide bonds. The van der Waals surface area contributed by atoms with Gasteiger partial charge in [0.15, 0.2) is 11.5 Å². The van der Waals surface area contributed by atoms with E-state index in [1.54, 1.807) is 49.4 Å². The highest BCUT2D eigenvalue weighted by Crippen LogP contribution is 2.34. The highest BCUT2D eigenvalue weighted by atomic mass is 35.5. The van der Waals surface area contributed by atoms with Gasteiger partial charge < -0.3 is 19.1 Å². The van der Waals surface area contributed by atoms with E-state index in [1.807, 2.05) is 0 Å². The number of benzene rings is 3. The van der Waals surface area contributed by atoms with E-state index >= 15 is 0 Å². The molecule has 39 heavy (non-hydrogen) atoms. The van der Waals surface area contributed by atoms with E-state index in [9.17, 15) is 19.2 Å². The van der Waals surface area contributed by atoms with Crippen molar-refractivity contribution in [2.24, 2.45) is 0 Å². The summed E-state index contributed by atoms with van der Waals surface area (Å²) in [5, 5.41) is 0.546. The van der Waals surface area contributed by atoms with Crippen LogP contribution in [0.4, 0.5) is 5.69 Å². The number of hydrogen-bond acceptors (Lipinski definition) is 7. The van der Waals surface area contributed by atoms with Crippen LogP contribution in [0.1, 0.15) is 34.8 Å². The molecule has 2 heterocycles. The molecule has 0 aliphatic carbocycles. The summed E-state index contributed by atoms with van der Waals surface area (Å²) in [4.78, 5) is 54.8. The fourth-order valence-electron chi connectivity index (χ4n) is 4.58. The van der Waals surface area contributed by atoms with E-state index in [0.29, 0.717) is 27.8 Å². The van der Waals surface area contributed by atoms with Gasteiger partial charge in [0.25, 0.3) is 5.91 Å². The summed E-state index contributed by atoms with van der Waals surface area (Å²) in [6.07, 6.45) is -0.150. The molecule has 0 N–H and O–H groups in total. The molecule has 2 aliphatic rings. The van der Waals surface area contributed by atoms with Crippen molar-refractivity contribution in [1.82, 2.24) is 4.90 Å². The van der Waals surface area contributed by atoms with Crippen LogP contribution >= 0.6 is 11.6 Å². The zero-order valence-electron chi connectivity index (χ0n) is 21.1. The smallest absolute Gasteiger partial charge is 0.338 e. The highest BCUT2D eigenvalue weighted by molar-refractivity contribution is 6.30. The first-order valence-corrected chi connectivity index (χ1v) is 12.8. The van der Waals surface area contributed by atoms with Gasteiger partial charge in [-0.1, -0.05) is 29.8 Å². The number of fused-ring (bicyclic) bond motifs is 1. The van der Waals surface area contributed by atoms with Crippen molar-refractivity contribution in [1.29, 1.82) is 0 Å². The highest BCUT2D eigenvalue weighted by Gasteiger charge is 2.44. The number of anilines is 1. The largest absolute Gasteiger partial charge is 0.462 e. The SMILES string of the molecule is CCOC(=O)c1ccc(N2C(=O)CC(N(Cc3ccc4c(c3)OCO4)C(=O)Cc3ccc(Cl)cc3)C2=O)cc1. The molecule has 1 atom stereocenters. The summed E-state index contributed by atoms with van der Waals surface area (Å²) in [6.45, 7) is 2.13. The minimum absolute atomic E-state index is 0.0218. The first kappa shape index (κ1) is 26.2. The lowest BCUT2D eigenvalue weighted by atomic mass is 10.1. The molecule has 0 radical (unpaired) electrons. The number of imide groups is 1. The maximum absolute atomic E-state index is 13.6. The van der Waals surface area contributed by atoms with Gasteiger partial charge in [0, 0.05) is 11.6 Å². The molecule has 0 aromatic heterocycles. The molecule has 1 fully saturated rings. The second kappa shape index (κ2) is 11.2. The molecule has 5 rings (SSSR count). The van der Waals surface area contributed by atoms with Crippen LogP contribution in [0.5, 0.6) is 11.5 Å². The number of rotatable bonds is 8. The molecule has 0 bridgehead atoms. The van der Waals surface area contributed by atoms with E-state index in [2.05, 4.69) is 0 Å². The van der Waals surface area contributed by atoms with Crippen LogP contribution in [0.15, 0.2) is 66.7 Å². The first-order valence-electron chi connectivity index (χ1n) is 12.4. The lowest BCUT2D eigenvalue weighted by molar-refractivity contribution is -0.138. The van der Waals surface area contributed by atoms with Crippen LogP contribution in [0, 0.1) is 0 Å². The molecule has 1 saturated heterocycles. The van der Waals surface area contributed by atoms with Crippen molar-refractivity contribution >= 4 is 41.0 Å². The van der Waals surface area contributed by atoms with Crippen molar-refractivity contribution in [3.8, 4) is 11.5 Å². The molecule has 10 heteroatoms. The molecule has 0 saturated carbocycles. The number of halogens is 1. The Morgan fingerprint density at radius 1 is 0.974 bits per heavy atom.